The van der Waals surface area contributed by atoms with Crippen LogP contribution in [0.25, 0.3) is 16.3 Å². The van der Waals surface area contributed by atoms with Crippen molar-refractivity contribution in [3.63, 3.8) is 0 Å². The number of aromatic nitrogens is 1. The molecule has 1 saturated heterocycles. The van der Waals surface area contributed by atoms with Gasteiger partial charge in [-0.15, -0.1) is 11.3 Å². The smallest absolute Gasteiger partial charge is 0.246 e. The Hall–Kier alpha value is -3.19. The first-order valence-electron chi connectivity index (χ1n) is 11.1. The van der Waals surface area contributed by atoms with Crippen LogP contribution in [0.1, 0.15) is 37.6 Å². The van der Waals surface area contributed by atoms with E-state index in [-0.39, 0.29) is 11.8 Å². The van der Waals surface area contributed by atoms with Gasteiger partial charge in [0, 0.05) is 30.5 Å². The molecule has 0 spiro atoms. The lowest BCUT2D eigenvalue weighted by molar-refractivity contribution is -0.123. The highest BCUT2D eigenvalue weighted by Crippen LogP contribution is 2.24. The second kappa shape index (κ2) is 10.4. The van der Waals surface area contributed by atoms with Crippen LogP contribution in [0.2, 0.25) is 0 Å². The molecule has 32 heavy (non-hydrogen) atoms. The van der Waals surface area contributed by atoms with E-state index in [0.29, 0.717) is 6.42 Å². The van der Waals surface area contributed by atoms with E-state index in [1.807, 2.05) is 49.4 Å². The first kappa shape index (κ1) is 22.0. The van der Waals surface area contributed by atoms with E-state index in [9.17, 15) is 9.59 Å². The molecule has 2 amide bonds. The van der Waals surface area contributed by atoms with Crippen molar-refractivity contribution in [1.29, 1.82) is 0 Å². The molecular weight excluding hydrogens is 420 g/mol. The maximum absolute atomic E-state index is 12.9. The number of amides is 2. The number of carbonyl (C=O) groups is 2. The van der Waals surface area contributed by atoms with Crippen LogP contribution in [-0.2, 0) is 9.59 Å². The molecule has 166 valence electrons. The number of carbonyl (C=O) groups excluding carboxylic acids is 2. The van der Waals surface area contributed by atoms with Crippen molar-refractivity contribution in [2.75, 3.05) is 23.3 Å². The lowest BCUT2D eigenvalue weighted by atomic mass is 10.1. The van der Waals surface area contributed by atoms with Gasteiger partial charge in [-0.3, -0.25) is 9.59 Å². The summed E-state index contributed by atoms with van der Waals surface area (Å²) in [7, 11) is 0. The average molecular weight is 449 g/mol. The van der Waals surface area contributed by atoms with Crippen molar-refractivity contribution in [1.82, 2.24) is 10.3 Å². The highest BCUT2D eigenvalue weighted by atomic mass is 32.1. The van der Waals surface area contributed by atoms with Gasteiger partial charge in [0.15, 0.2) is 0 Å². The zero-order valence-electron chi connectivity index (χ0n) is 18.2. The molecule has 1 atom stereocenters. The zero-order chi connectivity index (χ0) is 22.3. The Morgan fingerprint density at radius 3 is 2.75 bits per heavy atom. The Morgan fingerprint density at radius 1 is 1.16 bits per heavy atom. The number of hydrogen-bond donors (Lipinski definition) is 2. The van der Waals surface area contributed by atoms with Crippen molar-refractivity contribution >= 4 is 50.8 Å². The molecule has 0 saturated carbocycles. The van der Waals surface area contributed by atoms with Crippen molar-refractivity contribution in [3.05, 3.63) is 59.6 Å². The summed E-state index contributed by atoms with van der Waals surface area (Å²) in [6.45, 7) is 4.09. The van der Waals surface area contributed by atoms with Crippen LogP contribution in [0.3, 0.4) is 0 Å². The minimum Gasteiger partial charge on any atom is -0.371 e. The van der Waals surface area contributed by atoms with Crippen molar-refractivity contribution in [3.8, 4) is 0 Å². The van der Waals surface area contributed by atoms with E-state index >= 15 is 0 Å². The minimum absolute atomic E-state index is 0.202. The largest absolute Gasteiger partial charge is 0.371 e. The first-order chi connectivity index (χ1) is 15.6. The third-order valence-corrected chi connectivity index (χ3v) is 6.48. The normalized spacial score (nSPS) is 14.7. The maximum atomic E-state index is 12.9. The van der Waals surface area contributed by atoms with Crippen molar-refractivity contribution in [2.24, 2.45) is 0 Å². The van der Waals surface area contributed by atoms with Crippen molar-refractivity contribution in [2.45, 2.75) is 38.6 Å². The highest BCUT2D eigenvalue weighted by molar-refractivity contribution is 7.19. The van der Waals surface area contributed by atoms with E-state index < -0.39 is 6.04 Å². The molecule has 2 N–H and O–H groups in total. The molecule has 2 heterocycles. The van der Waals surface area contributed by atoms with E-state index in [1.54, 1.807) is 6.08 Å². The van der Waals surface area contributed by atoms with Gasteiger partial charge in [-0.25, -0.2) is 4.98 Å². The molecule has 7 heteroatoms. The number of hydrogen-bond acceptors (Lipinski definition) is 5. The fourth-order valence-electron chi connectivity index (χ4n) is 3.87. The van der Waals surface area contributed by atoms with Gasteiger partial charge in [0.1, 0.15) is 11.0 Å². The molecule has 0 radical (unpaired) electrons. The van der Waals surface area contributed by atoms with Gasteiger partial charge < -0.3 is 15.5 Å². The van der Waals surface area contributed by atoms with Gasteiger partial charge in [0.25, 0.3) is 0 Å². The minimum atomic E-state index is -0.594. The van der Waals surface area contributed by atoms with E-state index in [1.165, 1.54) is 30.3 Å². The predicted octanol–water partition coefficient (Wildman–Crippen LogP) is 4.83. The summed E-state index contributed by atoms with van der Waals surface area (Å²) >= 11 is 1.53. The van der Waals surface area contributed by atoms with Crippen LogP contribution in [0.4, 0.5) is 11.4 Å². The second-order valence-corrected chi connectivity index (χ2v) is 9.00. The topological polar surface area (TPSA) is 74.3 Å². The van der Waals surface area contributed by atoms with Crippen LogP contribution in [0.5, 0.6) is 0 Å². The highest BCUT2D eigenvalue weighted by Gasteiger charge is 2.20. The van der Waals surface area contributed by atoms with Crippen LogP contribution in [0, 0.1) is 0 Å². The standard InChI is InChI=1S/C25H28N4O2S/c1-2-8-21(25(31)26-18-9-7-10-19(17-18)29-15-5-6-16-29)27-23(30)13-14-24-28-20-11-3-4-12-22(20)32-24/h3-4,7,9-14,17,21H,2,5-6,8,15-16H2,1H3,(H,26,31)(H,27,30)/b14-13+. The van der Waals surface area contributed by atoms with Gasteiger partial charge in [-0.05, 0) is 55.7 Å². The molecule has 1 aliphatic rings. The molecule has 2 aromatic carbocycles. The molecule has 0 aliphatic carbocycles. The molecule has 1 fully saturated rings. The van der Waals surface area contributed by atoms with Crippen LogP contribution >= 0.6 is 11.3 Å². The molecule has 0 bridgehead atoms. The summed E-state index contributed by atoms with van der Waals surface area (Å²) in [6.07, 6.45) is 6.89. The Bertz CT molecular complexity index is 1080. The SMILES string of the molecule is CCCC(NC(=O)/C=C/c1nc2ccccc2s1)C(=O)Nc1cccc(N2CCCC2)c1. The molecule has 1 unspecified atom stereocenters. The van der Waals surface area contributed by atoms with Gasteiger partial charge in [-0.1, -0.05) is 31.5 Å². The number of thiazole rings is 1. The number of para-hydroxylation sites is 1. The summed E-state index contributed by atoms with van der Waals surface area (Å²) in [5.41, 5.74) is 2.78. The van der Waals surface area contributed by atoms with Crippen LogP contribution in [-0.4, -0.2) is 35.9 Å². The Labute approximate surface area is 192 Å². The van der Waals surface area contributed by atoms with Crippen LogP contribution in [0.15, 0.2) is 54.6 Å². The Kier molecular flexibility index (Phi) is 7.17. The molecule has 1 aliphatic heterocycles. The quantitative estimate of drug-likeness (QED) is 0.484. The number of nitrogens with zero attached hydrogens (tertiary/aromatic N) is 2. The molecule has 3 aromatic rings. The summed E-state index contributed by atoms with van der Waals surface area (Å²) in [5.74, 6) is -0.504. The average Bonchev–Trinajstić information content (AvgIpc) is 3.47. The van der Waals surface area contributed by atoms with Crippen molar-refractivity contribution < 1.29 is 9.59 Å². The molecule has 4 rings (SSSR count). The fraction of sp³-hybridized carbons (Fsp3) is 0.320. The van der Waals surface area contributed by atoms with Crippen LogP contribution < -0.4 is 15.5 Å². The zero-order valence-corrected chi connectivity index (χ0v) is 19.0. The van der Waals surface area contributed by atoms with E-state index in [4.69, 9.17) is 0 Å². The van der Waals surface area contributed by atoms with E-state index in [2.05, 4.69) is 26.6 Å². The van der Waals surface area contributed by atoms with Gasteiger partial charge in [-0.2, -0.15) is 0 Å². The first-order valence-corrected chi connectivity index (χ1v) is 11.9. The number of nitrogens with one attached hydrogen (secondary N) is 2. The number of rotatable bonds is 8. The third kappa shape index (κ3) is 5.53. The molecule has 1 aromatic heterocycles. The van der Waals surface area contributed by atoms with Gasteiger partial charge >= 0.3 is 0 Å². The summed E-state index contributed by atoms with van der Waals surface area (Å²) in [5, 5.41) is 6.57. The Morgan fingerprint density at radius 2 is 1.97 bits per heavy atom. The number of fused-ring (bicyclic) bond motifs is 1. The van der Waals surface area contributed by atoms with E-state index in [0.717, 1.165) is 46.1 Å². The summed E-state index contributed by atoms with van der Waals surface area (Å²) < 4.78 is 1.08. The summed E-state index contributed by atoms with van der Waals surface area (Å²) in [6, 6.07) is 15.2. The maximum Gasteiger partial charge on any atom is 0.246 e. The number of anilines is 2. The monoisotopic (exact) mass is 448 g/mol. The lowest BCUT2D eigenvalue weighted by Crippen LogP contribution is -2.43. The molecule has 6 nitrogen and oxygen atoms in total. The molecular formula is C25H28N4O2S. The predicted molar refractivity (Wildman–Crippen MR) is 132 cm³/mol. The lowest BCUT2D eigenvalue weighted by Gasteiger charge is -2.20. The number of benzene rings is 2. The third-order valence-electron chi connectivity index (χ3n) is 5.48. The second-order valence-electron chi connectivity index (χ2n) is 7.94. The Balaban J connectivity index is 1.38. The van der Waals surface area contributed by atoms with Gasteiger partial charge in [0.2, 0.25) is 11.8 Å². The summed E-state index contributed by atoms with van der Waals surface area (Å²) in [4.78, 5) is 32.2. The van der Waals surface area contributed by atoms with Gasteiger partial charge in [0.05, 0.1) is 10.2 Å². The fourth-order valence-corrected chi connectivity index (χ4v) is 4.74.